The van der Waals surface area contributed by atoms with Crippen LogP contribution in [0.3, 0.4) is 0 Å². The number of aromatic nitrogens is 1. The van der Waals surface area contributed by atoms with E-state index in [1.54, 1.807) is 0 Å². The second kappa shape index (κ2) is 3.23. The predicted octanol–water partition coefficient (Wildman–Crippen LogP) is 1.86. The van der Waals surface area contributed by atoms with E-state index in [0.717, 1.165) is 15.6 Å². The van der Waals surface area contributed by atoms with Gasteiger partial charge in [-0.3, -0.25) is 5.41 Å². The van der Waals surface area contributed by atoms with E-state index < -0.39 is 0 Å². The highest BCUT2D eigenvalue weighted by Gasteiger charge is 2.11. The van der Waals surface area contributed by atoms with Crippen LogP contribution in [0, 0.1) is 12.3 Å². The minimum absolute atomic E-state index is 0.122. The fourth-order valence-electron chi connectivity index (χ4n) is 0.914. The quantitative estimate of drug-likeness (QED) is 0.543. The normalized spacial score (nSPS) is 10.7. The van der Waals surface area contributed by atoms with Gasteiger partial charge in [0.05, 0.1) is 15.6 Å². The van der Waals surface area contributed by atoms with Crippen molar-refractivity contribution < 1.29 is 0 Å². The van der Waals surface area contributed by atoms with E-state index >= 15 is 0 Å². The van der Waals surface area contributed by atoms with Gasteiger partial charge in [-0.1, -0.05) is 13.8 Å². The number of amidine groups is 1. The van der Waals surface area contributed by atoms with Crippen LogP contribution < -0.4 is 5.73 Å². The zero-order chi connectivity index (χ0) is 9.30. The van der Waals surface area contributed by atoms with Crippen molar-refractivity contribution in [1.29, 1.82) is 5.41 Å². The fraction of sp³-hybridized carbons (Fsp3) is 0.500. The van der Waals surface area contributed by atoms with Gasteiger partial charge in [0.2, 0.25) is 0 Å². The van der Waals surface area contributed by atoms with Crippen molar-refractivity contribution >= 4 is 17.2 Å². The lowest BCUT2D eigenvalue weighted by atomic mass is 10.2. The summed E-state index contributed by atoms with van der Waals surface area (Å²) in [5, 5.41) is 8.33. The number of nitrogens with zero attached hydrogens (tertiary/aromatic N) is 1. The molecule has 0 amide bonds. The summed E-state index contributed by atoms with van der Waals surface area (Å²) in [5.74, 6) is 0.540. The first-order valence-corrected chi connectivity index (χ1v) is 4.65. The van der Waals surface area contributed by atoms with E-state index in [9.17, 15) is 0 Å². The molecule has 4 heteroatoms. The predicted molar refractivity (Wildman–Crippen MR) is 52.0 cm³/mol. The number of nitrogen functional groups attached to an aromatic ring is 1. The molecule has 0 aliphatic heterocycles. The maximum Gasteiger partial charge on any atom is 0.135 e. The van der Waals surface area contributed by atoms with Gasteiger partial charge < -0.3 is 5.73 Å². The van der Waals surface area contributed by atoms with Crippen LogP contribution in [-0.2, 0) is 0 Å². The fourth-order valence-corrected chi connectivity index (χ4v) is 1.84. The molecule has 0 aromatic carbocycles. The Bertz CT molecular complexity index is 301. The maximum absolute atomic E-state index is 7.28. The average molecular weight is 183 g/mol. The molecule has 1 heterocycles. The van der Waals surface area contributed by atoms with E-state index in [2.05, 4.69) is 18.8 Å². The Morgan fingerprint density at radius 1 is 1.58 bits per heavy atom. The molecule has 0 radical (unpaired) electrons. The molecule has 0 spiro atoms. The molecular formula is C8H13N3S. The van der Waals surface area contributed by atoms with Gasteiger partial charge in [-0.05, 0) is 6.92 Å². The van der Waals surface area contributed by atoms with Crippen LogP contribution in [0.15, 0.2) is 0 Å². The largest absolute Gasteiger partial charge is 0.383 e. The minimum Gasteiger partial charge on any atom is -0.383 e. The van der Waals surface area contributed by atoms with Gasteiger partial charge in [-0.25, -0.2) is 4.98 Å². The number of nitrogens with one attached hydrogen (secondary N) is 1. The number of rotatable bonds is 2. The van der Waals surface area contributed by atoms with Gasteiger partial charge in [-0.15, -0.1) is 11.3 Å². The van der Waals surface area contributed by atoms with Gasteiger partial charge in [0.15, 0.2) is 0 Å². The lowest BCUT2D eigenvalue weighted by Gasteiger charge is -1.95. The van der Waals surface area contributed by atoms with Crippen LogP contribution in [-0.4, -0.2) is 10.8 Å². The van der Waals surface area contributed by atoms with E-state index in [1.807, 2.05) is 6.92 Å². The third-order valence-corrected chi connectivity index (χ3v) is 3.04. The molecule has 0 aliphatic carbocycles. The van der Waals surface area contributed by atoms with Gasteiger partial charge in [0, 0.05) is 5.92 Å². The minimum atomic E-state index is 0.122. The second-order valence-corrected chi connectivity index (χ2v) is 4.07. The highest BCUT2D eigenvalue weighted by Crippen LogP contribution is 2.23. The number of nitrogens with two attached hydrogens (primary N) is 1. The van der Waals surface area contributed by atoms with Crippen molar-refractivity contribution in [2.24, 2.45) is 5.73 Å². The number of thiazole rings is 1. The summed E-state index contributed by atoms with van der Waals surface area (Å²) in [7, 11) is 0. The summed E-state index contributed by atoms with van der Waals surface area (Å²) >= 11 is 1.52. The summed E-state index contributed by atoms with van der Waals surface area (Å²) in [6, 6.07) is 0. The summed E-state index contributed by atoms with van der Waals surface area (Å²) < 4.78 is 0. The van der Waals surface area contributed by atoms with E-state index in [-0.39, 0.29) is 5.84 Å². The zero-order valence-electron chi connectivity index (χ0n) is 7.51. The Morgan fingerprint density at radius 2 is 2.17 bits per heavy atom. The van der Waals surface area contributed by atoms with Crippen molar-refractivity contribution in [1.82, 2.24) is 4.98 Å². The van der Waals surface area contributed by atoms with Gasteiger partial charge in [-0.2, -0.15) is 0 Å². The van der Waals surface area contributed by atoms with Gasteiger partial charge in [0.1, 0.15) is 5.84 Å². The molecule has 3 N–H and O–H groups in total. The smallest absolute Gasteiger partial charge is 0.135 e. The third kappa shape index (κ3) is 1.64. The van der Waals surface area contributed by atoms with Crippen molar-refractivity contribution in [2.75, 3.05) is 0 Å². The lowest BCUT2D eigenvalue weighted by molar-refractivity contribution is 0.847. The molecule has 66 valence electrons. The molecule has 0 bridgehead atoms. The molecule has 0 fully saturated rings. The molecule has 12 heavy (non-hydrogen) atoms. The zero-order valence-corrected chi connectivity index (χ0v) is 8.33. The molecule has 1 rings (SSSR count). The van der Waals surface area contributed by atoms with Crippen molar-refractivity contribution in [2.45, 2.75) is 26.7 Å². The first-order chi connectivity index (χ1) is 5.52. The number of hydrogen-bond donors (Lipinski definition) is 2. The summed E-state index contributed by atoms with van der Waals surface area (Å²) in [4.78, 5) is 5.13. The molecule has 0 unspecified atom stereocenters. The Balaban J connectivity index is 3.09. The molecule has 0 saturated carbocycles. The molecule has 0 atom stereocenters. The topological polar surface area (TPSA) is 62.8 Å². The molecule has 0 saturated heterocycles. The summed E-state index contributed by atoms with van der Waals surface area (Å²) in [5.41, 5.74) is 6.25. The van der Waals surface area contributed by atoms with Crippen LogP contribution in [0.4, 0.5) is 0 Å². The molecule has 1 aromatic heterocycles. The van der Waals surface area contributed by atoms with Crippen LogP contribution in [0.25, 0.3) is 0 Å². The summed E-state index contributed by atoms with van der Waals surface area (Å²) in [6.45, 7) is 6.06. The van der Waals surface area contributed by atoms with Gasteiger partial charge >= 0.3 is 0 Å². The SMILES string of the molecule is Cc1nc(C(C)C)sc1C(=N)N. The molecule has 3 nitrogen and oxygen atoms in total. The summed E-state index contributed by atoms with van der Waals surface area (Å²) in [6.07, 6.45) is 0. The maximum atomic E-state index is 7.28. The Kier molecular flexibility index (Phi) is 2.47. The van der Waals surface area contributed by atoms with E-state index in [1.165, 1.54) is 11.3 Å². The average Bonchev–Trinajstić information content (AvgIpc) is 2.30. The molecular weight excluding hydrogens is 170 g/mol. The van der Waals surface area contributed by atoms with Crippen LogP contribution >= 0.6 is 11.3 Å². The highest BCUT2D eigenvalue weighted by atomic mass is 32.1. The monoisotopic (exact) mass is 183 g/mol. The number of aryl methyl sites for hydroxylation is 1. The van der Waals surface area contributed by atoms with E-state index in [0.29, 0.717) is 5.92 Å². The van der Waals surface area contributed by atoms with Crippen LogP contribution in [0.2, 0.25) is 0 Å². The molecule has 0 aliphatic rings. The second-order valence-electron chi connectivity index (χ2n) is 3.04. The van der Waals surface area contributed by atoms with Crippen LogP contribution in [0.5, 0.6) is 0 Å². The van der Waals surface area contributed by atoms with Crippen molar-refractivity contribution in [3.63, 3.8) is 0 Å². The third-order valence-electron chi connectivity index (χ3n) is 1.55. The number of hydrogen-bond acceptors (Lipinski definition) is 3. The first-order valence-electron chi connectivity index (χ1n) is 3.84. The van der Waals surface area contributed by atoms with Crippen molar-refractivity contribution in [3.8, 4) is 0 Å². The van der Waals surface area contributed by atoms with E-state index in [4.69, 9.17) is 11.1 Å². The standard InChI is InChI=1S/C8H13N3S/c1-4(2)8-11-5(3)6(12-8)7(9)10/h4H,1-3H3,(H3,9,10). The van der Waals surface area contributed by atoms with Crippen molar-refractivity contribution in [3.05, 3.63) is 15.6 Å². The Labute approximate surface area is 76.1 Å². The first kappa shape index (κ1) is 9.19. The lowest BCUT2D eigenvalue weighted by Crippen LogP contribution is -2.10. The molecule has 1 aromatic rings. The van der Waals surface area contributed by atoms with Gasteiger partial charge in [0.25, 0.3) is 0 Å². The Morgan fingerprint density at radius 3 is 2.42 bits per heavy atom. The highest BCUT2D eigenvalue weighted by molar-refractivity contribution is 7.13. The Hall–Kier alpha value is -0.900. The van der Waals surface area contributed by atoms with Crippen LogP contribution in [0.1, 0.15) is 35.3 Å².